The molecule has 0 fully saturated rings. The van der Waals surface area contributed by atoms with Gasteiger partial charge >= 0.3 is 0 Å². The summed E-state index contributed by atoms with van der Waals surface area (Å²) in [4.78, 5) is 12.6. The van der Waals surface area contributed by atoms with E-state index < -0.39 is 4.92 Å². The van der Waals surface area contributed by atoms with Gasteiger partial charge in [-0.15, -0.1) is 0 Å². The van der Waals surface area contributed by atoms with E-state index in [0.29, 0.717) is 5.56 Å². The second-order valence-electron chi connectivity index (χ2n) is 1.97. The van der Waals surface area contributed by atoms with Crippen LogP contribution in [0.5, 0.6) is 0 Å². The van der Waals surface area contributed by atoms with Crippen LogP contribution in [0.25, 0.3) is 0 Å². The molecule has 0 aliphatic rings. The van der Waals surface area contributed by atoms with Crippen molar-refractivity contribution in [1.82, 2.24) is 0 Å². The molecule has 0 spiro atoms. The molecule has 1 aromatic heterocycles. The number of hydrogen-bond donors (Lipinski definition) is 0. The van der Waals surface area contributed by atoms with Crippen LogP contribution in [0.3, 0.4) is 0 Å². The fraction of sp³-hybridized carbons (Fsp3) is 0.167. The molecular weight excluding hydrogens is 132 g/mol. The number of H-pyrrole nitrogens is 1. The molecule has 10 heavy (non-hydrogen) atoms. The summed E-state index contributed by atoms with van der Waals surface area (Å²) in [7, 11) is 0. The molecule has 4 nitrogen and oxygen atoms in total. The van der Waals surface area contributed by atoms with Crippen molar-refractivity contribution in [3.05, 3.63) is 34.1 Å². The number of nitro groups is 1. The number of rotatable bonds is 1. The molecule has 0 bridgehead atoms. The quantitative estimate of drug-likeness (QED) is 0.425. The Balaban J connectivity index is 3.15. The number of nitrogens with one attached hydrogen (secondary N) is 1. The SMILES string of the molecule is Cc1c[nH+]ccc1[N+](=O)[O-]. The van der Waals surface area contributed by atoms with Crippen LogP contribution in [0.1, 0.15) is 5.56 Å². The molecule has 0 saturated carbocycles. The van der Waals surface area contributed by atoms with Crippen LogP contribution in [0.4, 0.5) is 5.69 Å². The highest BCUT2D eigenvalue weighted by atomic mass is 16.6. The van der Waals surface area contributed by atoms with E-state index in [0.717, 1.165) is 0 Å². The molecule has 1 heterocycles. The Morgan fingerprint density at radius 2 is 2.40 bits per heavy atom. The zero-order chi connectivity index (χ0) is 7.56. The number of aromatic amines is 1. The maximum atomic E-state index is 10.2. The predicted molar refractivity (Wildman–Crippen MR) is 34.4 cm³/mol. The maximum absolute atomic E-state index is 10.2. The van der Waals surface area contributed by atoms with Gasteiger partial charge in [-0.05, 0) is 6.92 Å². The maximum Gasteiger partial charge on any atom is 0.284 e. The van der Waals surface area contributed by atoms with Crippen LogP contribution in [0.2, 0.25) is 0 Å². The third-order valence-electron chi connectivity index (χ3n) is 1.24. The highest BCUT2D eigenvalue weighted by Gasteiger charge is 2.09. The van der Waals surface area contributed by atoms with E-state index in [1.54, 1.807) is 13.1 Å². The van der Waals surface area contributed by atoms with Crippen LogP contribution in [0.15, 0.2) is 18.5 Å². The Morgan fingerprint density at radius 1 is 1.70 bits per heavy atom. The lowest BCUT2D eigenvalue weighted by atomic mass is 10.3. The monoisotopic (exact) mass is 139 g/mol. The summed E-state index contributed by atoms with van der Waals surface area (Å²) >= 11 is 0. The van der Waals surface area contributed by atoms with Crippen molar-refractivity contribution in [3.8, 4) is 0 Å². The van der Waals surface area contributed by atoms with Gasteiger partial charge in [0.1, 0.15) is 0 Å². The Labute approximate surface area is 57.7 Å². The minimum absolute atomic E-state index is 0.152. The highest BCUT2D eigenvalue weighted by Crippen LogP contribution is 2.12. The highest BCUT2D eigenvalue weighted by molar-refractivity contribution is 5.33. The van der Waals surface area contributed by atoms with Gasteiger partial charge < -0.3 is 0 Å². The zero-order valence-electron chi connectivity index (χ0n) is 5.50. The van der Waals surface area contributed by atoms with Gasteiger partial charge in [0.2, 0.25) is 0 Å². The van der Waals surface area contributed by atoms with Crippen molar-refractivity contribution in [3.63, 3.8) is 0 Å². The number of aryl methyl sites for hydroxylation is 1. The molecule has 1 N–H and O–H groups in total. The van der Waals surface area contributed by atoms with Crippen molar-refractivity contribution in [2.75, 3.05) is 0 Å². The topological polar surface area (TPSA) is 57.3 Å². The molecule has 0 aromatic carbocycles. The molecule has 1 aromatic rings. The first kappa shape index (κ1) is 6.67. The van der Waals surface area contributed by atoms with Gasteiger partial charge in [-0.25, -0.2) is 4.98 Å². The average Bonchev–Trinajstić information content (AvgIpc) is 1.88. The zero-order valence-corrected chi connectivity index (χ0v) is 5.50. The Hall–Kier alpha value is -1.45. The van der Waals surface area contributed by atoms with Gasteiger partial charge in [0, 0.05) is 0 Å². The van der Waals surface area contributed by atoms with E-state index in [4.69, 9.17) is 0 Å². The van der Waals surface area contributed by atoms with Crippen molar-refractivity contribution in [2.24, 2.45) is 0 Å². The number of pyridine rings is 1. The molecule has 0 saturated heterocycles. The fourth-order valence-electron chi connectivity index (χ4n) is 0.710. The second kappa shape index (κ2) is 2.43. The molecule has 0 unspecified atom stereocenters. The van der Waals surface area contributed by atoms with Crippen LogP contribution < -0.4 is 4.98 Å². The van der Waals surface area contributed by atoms with Gasteiger partial charge in [-0.1, -0.05) is 0 Å². The molecule has 0 atom stereocenters. The standard InChI is InChI=1S/C6H6N2O2/c1-5-4-7-3-2-6(5)8(9)10/h2-4H,1H3/p+1. The van der Waals surface area contributed by atoms with Crippen LogP contribution >= 0.6 is 0 Å². The first-order valence-electron chi connectivity index (χ1n) is 2.83. The van der Waals surface area contributed by atoms with Gasteiger partial charge in [-0.2, -0.15) is 0 Å². The summed E-state index contributed by atoms with van der Waals surface area (Å²) in [6.07, 6.45) is 3.13. The number of nitrogens with zero attached hydrogens (tertiary/aromatic N) is 1. The Bertz CT molecular complexity index is 260. The van der Waals surface area contributed by atoms with Crippen LogP contribution in [-0.4, -0.2) is 4.92 Å². The van der Waals surface area contributed by atoms with Crippen molar-refractivity contribution >= 4 is 5.69 Å². The molecule has 0 aliphatic carbocycles. The Kier molecular flexibility index (Phi) is 1.62. The lowest BCUT2D eigenvalue weighted by Crippen LogP contribution is -2.02. The van der Waals surface area contributed by atoms with E-state index in [2.05, 4.69) is 4.98 Å². The molecule has 1 rings (SSSR count). The van der Waals surface area contributed by atoms with Gasteiger partial charge in [0.05, 0.1) is 16.6 Å². The van der Waals surface area contributed by atoms with Gasteiger partial charge in [0.15, 0.2) is 12.4 Å². The molecular formula is C6H7N2O2+. The normalized spacial score (nSPS) is 9.30. The summed E-state index contributed by atoms with van der Waals surface area (Å²) in [6.45, 7) is 1.69. The van der Waals surface area contributed by atoms with E-state index in [9.17, 15) is 10.1 Å². The Morgan fingerprint density at radius 3 is 2.80 bits per heavy atom. The number of hydrogen-bond acceptors (Lipinski definition) is 2. The van der Waals surface area contributed by atoms with Crippen molar-refractivity contribution in [2.45, 2.75) is 6.92 Å². The minimum Gasteiger partial charge on any atom is -0.258 e. The summed E-state index contributed by atoms with van der Waals surface area (Å²) in [5.74, 6) is 0. The average molecular weight is 139 g/mol. The fourth-order valence-corrected chi connectivity index (χ4v) is 0.710. The van der Waals surface area contributed by atoms with Crippen molar-refractivity contribution < 1.29 is 9.91 Å². The van der Waals surface area contributed by atoms with E-state index in [-0.39, 0.29) is 5.69 Å². The van der Waals surface area contributed by atoms with Crippen molar-refractivity contribution in [1.29, 1.82) is 0 Å². The van der Waals surface area contributed by atoms with E-state index in [1.807, 2.05) is 0 Å². The first-order valence-corrected chi connectivity index (χ1v) is 2.83. The van der Waals surface area contributed by atoms with Gasteiger partial charge in [-0.3, -0.25) is 10.1 Å². The largest absolute Gasteiger partial charge is 0.284 e. The minimum atomic E-state index is -0.400. The van der Waals surface area contributed by atoms with E-state index in [1.165, 1.54) is 12.3 Å². The van der Waals surface area contributed by atoms with E-state index >= 15 is 0 Å². The molecule has 0 amide bonds. The summed E-state index contributed by atoms with van der Waals surface area (Å²) in [5, 5.41) is 10.2. The molecule has 4 heteroatoms. The molecule has 0 radical (unpaired) electrons. The summed E-state index contributed by atoms with van der Waals surface area (Å²) in [5.41, 5.74) is 0.797. The smallest absolute Gasteiger partial charge is 0.258 e. The first-order chi connectivity index (χ1) is 4.72. The lowest BCUT2D eigenvalue weighted by Gasteiger charge is -1.88. The lowest BCUT2D eigenvalue weighted by molar-refractivity contribution is -0.399. The summed E-state index contributed by atoms with van der Waals surface area (Å²) < 4.78 is 0. The van der Waals surface area contributed by atoms with Crippen LogP contribution in [0, 0.1) is 17.0 Å². The van der Waals surface area contributed by atoms with Crippen LogP contribution in [-0.2, 0) is 0 Å². The molecule has 52 valence electrons. The molecule has 0 aliphatic heterocycles. The van der Waals surface area contributed by atoms with Gasteiger partial charge in [0.25, 0.3) is 5.69 Å². The number of aromatic nitrogens is 1. The second-order valence-corrected chi connectivity index (χ2v) is 1.97. The predicted octanol–water partition coefficient (Wildman–Crippen LogP) is 0.717. The third-order valence-corrected chi connectivity index (χ3v) is 1.24. The third kappa shape index (κ3) is 1.10. The summed E-state index contributed by atoms with van der Waals surface area (Å²) in [6, 6.07) is 1.44.